The van der Waals surface area contributed by atoms with Crippen molar-refractivity contribution < 1.29 is 4.90 Å². The largest absolute Gasteiger partial charge is 0.316 e. The highest BCUT2D eigenvalue weighted by atomic mass is 32.1. The summed E-state index contributed by atoms with van der Waals surface area (Å²) < 4.78 is 0. The summed E-state index contributed by atoms with van der Waals surface area (Å²) in [4.78, 5) is 3.82. The molecule has 1 unspecified atom stereocenters. The zero-order valence-electron chi connectivity index (χ0n) is 8.60. The third-order valence-corrected chi connectivity index (χ3v) is 2.86. The van der Waals surface area contributed by atoms with Crippen LogP contribution in [-0.4, -0.2) is 36.4 Å². The molecule has 13 heavy (non-hydrogen) atoms. The molecule has 4 heteroatoms. The molecule has 1 aliphatic rings. The van der Waals surface area contributed by atoms with E-state index in [4.69, 9.17) is 12.2 Å². The Kier molecular flexibility index (Phi) is 4.45. The first kappa shape index (κ1) is 10.7. The summed E-state index contributed by atoms with van der Waals surface area (Å²) in [5.41, 5.74) is 0. The van der Waals surface area contributed by atoms with Crippen LogP contribution >= 0.6 is 12.2 Å². The van der Waals surface area contributed by atoms with Crippen molar-refractivity contribution in [2.75, 3.05) is 26.4 Å². The summed E-state index contributed by atoms with van der Waals surface area (Å²) in [6, 6.07) is 0. The first-order chi connectivity index (χ1) is 6.27. The molecule has 1 atom stereocenters. The van der Waals surface area contributed by atoms with Crippen LogP contribution in [0.2, 0.25) is 0 Å². The second kappa shape index (κ2) is 5.40. The van der Waals surface area contributed by atoms with Gasteiger partial charge < -0.3 is 15.1 Å². The molecule has 0 radical (unpaired) electrons. The van der Waals surface area contributed by atoms with Crippen LogP contribution in [0.25, 0.3) is 0 Å². The SMILES string of the molecule is CCCC[NH+]1CNC(=S)N(CC)C1. The Morgan fingerprint density at radius 2 is 2.31 bits per heavy atom. The van der Waals surface area contributed by atoms with Gasteiger partial charge >= 0.3 is 0 Å². The highest BCUT2D eigenvalue weighted by Gasteiger charge is 2.20. The Morgan fingerprint density at radius 1 is 1.54 bits per heavy atom. The minimum Gasteiger partial charge on any atom is -0.316 e. The maximum atomic E-state index is 5.19. The number of nitrogens with one attached hydrogen (secondary N) is 2. The normalized spacial score (nSPS) is 23.1. The van der Waals surface area contributed by atoms with Gasteiger partial charge in [0.25, 0.3) is 0 Å². The number of unbranched alkanes of at least 4 members (excludes halogenated alkanes) is 1. The Labute approximate surface area is 86.1 Å². The van der Waals surface area contributed by atoms with Gasteiger partial charge in [-0.2, -0.15) is 0 Å². The molecule has 0 bridgehead atoms. The molecule has 2 N–H and O–H groups in total. The van der Waals surface area contributed by atoms with Crippen molar-refractivity contribution in [2.45, 2.75) is 26.7 Å². The quantitative estimate of drug-likeness (QED) is 0.616. The lowest BCUT2D eigenvalue weighted by Gasteiger charge is -2.34. The number of nitrogens with zero attached hydrogens (tertiary/aromatic N) is 1. The van der Waals surface area contributed by atoms with Crippen LogP contribution in [0.3, 0.4) is 0 Å². The fourth-order valence-electron chi connectivity index (χ4n) is 1.56. The van der Waals surface area contributed by atoms with Crippen molar-refractivity contribution in [1.29, 1.82) is 0 Å². The van der Waals surface area contributed by atoms with Crippen LogP contribution in [0.5, 0.6) is 0 Å². The molecule has 0 spiro atoms. The average molecular weight is 202 g/mol. The van der Waals surface area contributed by atoms with Crippen molar-refractivity contribution in [3.05, 3.63) is 0 Å². The molecule has 1 rings (SSSR count). The predicted molar refractivity (Wildman–Crippen MR) is 58.6 cm³/mol. The molecule has 0 aromatic rings. The number of hydrogen-bond donors (Lipinski definition) is 2. The standard InChI is InChI=1S/C9H19N3S/c1-3-5-6-11-7-10-9(13)12(4-2)8-11/h3-8H2,1-2H3,(H,10,13)/p+1. The predicted octanol–water partition coefficient (Wildman–Crippen LogP) is -0.204. The van der Waals surface area contributed by atoms with Crippen molar-refractivity contribution in [2.24, 2.45) is 0 Å². The zero-order valence-corrected chi connectivity index (χ0v) is 9.41. The van der Waals surface area contributed by atoms with E-state index in [0.717, 1.165) is 25.0 Å². The topological polar surface area (TPSA) is 19.7 Å². The molecule has 3 nitrogen and oxygen atoms in total. The number of hydrogen-bond acceptors (Lipinski definition) is 1. The smallest absolute Gasteiger partial charge is 0.177 e. The van der Waals surface area contributed by atoms with Gasteiger partial charge in [0.1, 0.15) is 0 Å². The second-order valence-corrected chi connectivity index (χ2v) is 3.91. The van der Waals surface area contributed by atoms with Crippen molar-refractivity contribution in [3.8, 4) is 0 Å². The summed E-state index contributed by atoms with van der Waals surface area (Å²) in [5.74, 6) is 0. The Bertz CT molecular complexity index is 172. The molecule has 1 aliphatic heterocycles. The van der Waals surface area contributed by atoms with Gasteiger partial charge in [0.2, 0.25) is 0 Å². The van der Waals surface area contributed by atoms with E-state index in [1.165, 1.54) is 19.4 Å². The molecular formula is C9H20N3S+. The first-order valence-electron chi connectivity index (χ1n) is 5.14. The third-order valence-electron chi connectivity index (χ3n) is 2.46. The molecule has 0 aromatic heterocycles. The fraction of sp³-hybridized carbons (Fsp3) is 0.889. The third kappa shape index (κ3) is 3.12. The molecule has 0 amide bonds. The number of rotatable bonds is 4. The van der Waals surface area contributed by atoms with E-state index in [1.807, 2.05) is 0 Å². The van der Waals surface area contributed by atoms with Crippen molar-refractivity contribution in [3.63, 3.8) is 0 Å². The highest BCUT2D eigenvalue weighted by molar-refractivity contribution is 7.80. The van der Waals surface area contributed by atoms with Crippen LogP contribution in [0.4, 0.5) is 0 Å². The Balaban J connectivity index is 2.31. The molecule has 1 heterocycles. The van der Waals surface area contributed by atoms with Gasteiger partial charge in [0.15, 0.2) is 18.4 Å². The Morgan fingerprint density at radius 3 is 2.92 bits per heavy atom. The van der Waals surface area contributed by atoms with Gasteiger partial charge in [0, 0.05) is 6.54 Å². The summed E-state index contributed by atoms with van der Waals surface area (Å²) in [6.45, 7) is 8.72. The molecule has 1 saturated heterocycles. The molecule has 0 saturated carbocycles. The minimum absolute atomic E-state index is 0.919. The van der Waals surface area contributed by atoms with E-state index in [-0.39, 0.29) is 0 Å². The lowest BCUT2D eigenvalue weighted by molar-refractivity contribution is -0.914. The van der Waals surface area contributed by atoms with Crippen LogP contribution in [0.1, 0.15) is 26.7 Å². The second-order valence-electron chi connectivity index (χ2n) is 3.53. The van der Waals surface area contributed by atoms with E-state index in [1.54, 1.807) is 4.90 Å². The van der Waals surface area contributed by atoms with Gasteiger partial charge in [-0.05, 0) is 25.6 Å². The van der Waals surface area contributed by atoms with Crippen molar-refractivity contribution in [1.82, 2.24) is 10.2 Å². The lowest BCUT2D eigenvalue weighted by atomic mass is 10.3. The van der Waals surface area contributed by atoms with Crippen LogP contribution in [0.15, 0.2) is 0 Å². The monoisotopic (exact) mass is 202 g/mol. The van der Waals surface area contributed by atoms with Gasteiger partial charge in [-0.15, -0.1) is 0 Å². The number of quaternary nitrogens is 1. The van der Waals surface area contributed by atoms with Crippen molar-refractivity contribution >= 4 is 17.3 Å². The molecule has 76 valence electrons. The maximum absolute atomic E-state index is 5.19. The van der Waals surface area contributed by atoms with Crippen LogP contribution in [-0.2, 0) is 0 Å². The minimum atomic E-state index is 0.919. The molecular weight excluding hydrogens is 182 g/mol. The Hall–Kier alpha value is -0.350. The summed E-state index contributed by atoms with van der Waals surface area (Å²) in [6.07, 6.45) is 2.58. The van der Waals surface area contributed by atoms with E-state index in [0.29, 0.717) is 0 Å². The zero-order chi connectivity index (χ0) is 9.68. The van der Waals surface area contributed by atoms with E-state index < -0.39 is 0 Å². The van der Waals surface area contributed by atoms with E-state index in [2.05, 4.69) is 24.1 Å². The van der Waals surface area contributed by atoms with Gasteiger partial charge in [-0.25, -0.2) is 0 Å². The van der Waals surface area contributed by atoms with Crippen LogP contribution < -0.4 is 10.2 Å². The van der Waals surface area contributed by atoms with Gasteiger partial charge in [0.05, 0.1) is 6.54 Å². The molecule has 0 aliphatic carbocycles. The first-order valence-corrected chi connectivity index (χ1v) is 5.55. The lowest BCUT2D eigenvalue weighted by Crippen LogP contribution is -3.17. The maximum Gasteiger partial charge on any atom is 0.177 e. The molecule has 1 fully saturated rings. The van der Waals surface area contributed by atoms with E-state index in [9.17, 15) is 0 Å². The summed E-state index contributed by atoms with van der Waals surface area (Å²) >= 11 is 5.19. The fourth-order valence-corrected chi connectivity index (χ4v) is 1.83. The average Bonchev–Trinajstić information content (AvgIpc) is 2.16. The number of thiocarbonyl (C=S) groups is 1. The van der Waals surface area contributed by atoms with Gasteiger partial charge in [-0.1, -0.05) is 13.3 Å². The molecule has 0 aromatic carbocycles. The summed E-state index contributed by atoms with van der Waals surface area (Å²) in [7, 11) is 0. The van der Waals surface area contributed by atoms with Gasteiger partial charge in [-0.3, -0.25) is 0 Å². The van der Waals surface area contributed by atoms with E-state index >= 15 is 0 Å². The summed E-state index contributed by atoms with van der Waals surface area (Å²) in [5, 5.41) is 4.18. The van der Waals surface area contributed by atoms with Crippen LogP contribution in [0, 0.1) is 0 Å². The highest BCUT2D eigenvalue weighted by Crippen LogP contribution is 1.89.